The molecule has 0 aliphatic heterocycles. The van der Waals surface area contributed by atoms with Crippen molar-refractivity contribution in [3.63, 3.8) is 0 Å². The first kappa shape index (κ1) is 11.0. The third-order valence-corrected chi connectivity index (χ3v) is 2.25. The molecule has 3 nitrogen and oxygen atoms in total. The van der Waals surface area contributed by atoms with Crippen molar-refractivity contribution in [1.82, 2.24) is 5.32 Å². The highest BCUT2D eigenvalue weighted by Crippen LogP contribution is 2.17. The molecule has 0 aliphatic rings. The molecule has 0 radical (unpaired) electrons. The number of nitrogens with one attached hydrogen (secondary N) is 1. The lowest BCUT2D eigenvalue weighted by Gasteiger charge is -2.11. The standard InChI is InChI=1S/C11H18N2O/c1-13-8-7-11(12)9-3-5-10(14-2)6-4-9/h3-6,11,13H,7-8,12H2,1-2H3. The number of benzene rings is 1. The van der Waals surface area contributed by atoms with Crippen LogP contribution >= 0.6 is 0 Å². The average molecular weight is 194 g/mol. The highest BCUT2D eigenvalue weighted by atomic mass is 16.5. The maximum atomic E-state index is 5.99. The second kappa shape index (κ2) is 5.62. The minimum Gasteiger partial charge on any atom is -0.497 e. The van der Waals surface area contributed by atoms with E-state index in [9.17, 15) is 0 Å². The minimum atomic E-state index is 0.105. The number of nitrogens with two attached hydrogens (primary N) is 1. The van der Waals surface area contributed by atoms with E-state index in [-0.39, 0.29) is 6.04 Å². The van der Waals surface area contributed by atoms with Crippen molar-refractivity contribution in [1.29, 1.82) is 0 Å². The summed E-state index contributed by atoms with van der Waals surface area (Å²) < 4.78 is 5.08. The third-order valence-electron chi connectivity index (χ3n) is 2.25. The molecule has 0 amide bonds. The predicted molar refractivity (Wildman–Crippen MR) is 58.5 cm³/mol. The Labute approximate surface area is 85.3 Å². The average Bonchev–Trinajstić information content (AvgIpc) is 2.26. The zero-order valence-electron chi connectivity index (χ0n) is 8.79. The van der Waals surface area contributed by atoms with Gasteiger partial charge in [0.25, 0.3) is 0 Å². The Morgan fingerprint density at radius 2 is 2.00 bits per heavy atom. The topological polar surface area (TPSA) is 47.3 Å². The molecule has 1 rings (SSSR count). The molecular formula is C11H18N2O. The van der Waals surface area contributed by atoms with Gasteiger partial charge in [-0.3, -0.25) is 0 Å². The Bertz CT molecular complexity index is 258. The van der Waals surface area contributed by atoms with E-state index in [2.05, 4.69) is 5.32 Å². The second-order valence-electron chi connectivity index (χ2n) is 3.27. The molecule has 0 spiro atoms. The number of rotatable bonds is 5. The predicted octanol–water partition coefficient (Wildman–Crippen LogP) is 1.30. The van der Waals surface area contributed by atoms with Crippen molar-refractivity contribution in [3.05, 3.63) is 29.8 Å². The van der Waals surface area contributed by atoms with Gasteiger partial charge in [-0.05, 0) is 37.7 Å². The van der Waals surface area contributed by atoms with E-state index in [1.807, 2.05) is 31.3 Å². The van der Waals surface area contributed by atoms with Crippen LogP contribution in [0.1, 0.15) is 18.0 Å². The van der Waals surface area contributed by atoms with Crippen molar-refractivity contribution in [2.45, 2.75) is 12.5 Å². The second-order valence-corrected chi connectivity index (χ2v) is 3.27. The van der Waals surface area contributed by atoms with Crippen LogP contribution < -0.4 is 15.8 Å². The molecule has 0 saturated heterocycles. The van der Waals surface area contributed by atoms with Crippen LogP contribution in [0.4, 0.5) is 0 Å². The Hall–Kier alpha value is -1.06. The molecule has 1 aromatic rings. The Morgan fingerprint density at radius 3 is 2.50 bits per heavy atom. The molecule has 1 unspecified atom stereocenters. The first-order valence-electron chi connectivity index (χ1n) is 4.82. The smallest absolute Gasteiger partial charge is 0.118 e. The van der Waals surface area contributed by atoms with Gasteiger partial charge in [0.1, 0.15) is 5.75 Å². The van der Waals surface area contributed by atoms with Crippen LogP contribution in [0.5, 0.6) is 5.75 Å². The number of ether oxygens (including phenoxy) is 1. The molecule has 78 valence electrons. The first-order chi connectivity index (χ1) is 6.77. The van der Waals surface area contributed by atoms with E-state index in [4.69, 9.17) is 10.5 Å². The lowest BCUT2D eigenvalue weighted by molar-refractivity contribution is 0.414. The van der Waals surface area contributed by atoms with Gasteiger partial charge >= 0.3 is 0 Å². The number of methoxy groups -OCH3 is 1. The maximum absolute atomic E-state index is 5.99. The largest absolute Gasteiger partial charge is 0.497 e. The van der Waals surface area contributed by atoms with E-state index in [1.54, 1.807) is 7.11 Å². The summed E-state index contributed by atoms with van der Waals surface area (Å²) >= 11 is 0. The molecule has 3 N–H and O–H groups in total. The van der Waals surface area contributed by atoms with Crippen LogP contribution in [0.15, 0.2) is 24.3 Å². The van der Waals surface area contributed by atoms with Gasteiger partial charge in [-0.15, -0.1) is 0 Å². The van der Waals surface area contributed by atoms with Crippen LogP contribution in [-0.4, -0.2) is 20.7 Å². The Kier molecular flexibility index (Phi) is 4.43. The fourth-order valence-electron chi connectivity index (χ4n) is 1.32. The molecular weight excluding hydrogens is 176 g/mol. The van der Waals surface area contributed by atoms with Gasteiger partial charge in [-0.2, -0.15) is 0 Å². The van der Waals surface area contributed by atoms with Gasteiger partial charge in [0.15, 0.2) is 0 Å². The zero-order valence-corrected chi connectivity index (χ0v) is 8.79. The normalized spacial score (nSPS) is 12.5. The quantitative estimate of drug-likeness (QED) is 0.743. The lowest BCUT2D eigenvalue weighted by Crippen LogP contribution is -2.17. The van der Waals surface area contributed by atoms with Gasteiger partial charge in [-0.1, -0.05) is 12.1 Å². The van der Waals surface area contributed by atoms with Crippen LogP contribution in [0.25, 0.3) is 0 Å². The summed E-state index contributed by atoms with van der Waals surface area (Å²) in [6, 6.07) is 8.01. The maximum Gasteiger partial charge on any atom is 0.118 e. The summed E-state index contributed by atoms with van der Waals surface area (Å²) in [7, 11) is 3.59. The van der Waals surface area contributed by atoms with E-state index >= 15 is 0 Å². The molecule has 0 saturated carbocycles. The summed E-state index contributed by atoms with van der Waals surface area (Å²) in [6.45, 7) is 0.938. The van der Waals surface area contributed by atoms with Crippen molar-refractivity contribution in [2.75, 3.05) is 20.7 Å². The van der Waals surface area contributed by atoms with Gasteiger partial charge in [0.2, 0.25) is 0 Å². The van der Waals surface area contributed by atoms with Crippen molar-refractivity contribution < 1.29 is 4.74 Å². The Morgan fingerprint density at radius 1 is 1.36 bits per heavy atom. The molecule has 3 heteroatoms. The molecule has 1 atom stereocenters. The van der Waals surface area contributed by atoms with Gasteiger partial charge in [0.05, 0.1) is 7.11 Å². The van der Waals surface area contributed by atoms with Crippen molar-refractivity contribution in [3.8, 4) is 5.75 Å². The van der Waals surface area contributed by atoms with Crippen molar-refractivity contribution >= 4 is 0 Å². The van der Waals surface area contributed by atoms with E-state index < -0.39 is 0 Å². The summed E-state index contributed by atoms with van der Waals surface area (Å²) in [5, 5.41) is 3.09. The van der Waals surface area contributed by atoms with Crippen molar-refractivity contribution in [2.24, 2.45) is 5.73 Å². The van der Waals surface area contributed by atoms with E-state index in [0.717, 1.165) is 24.3 Å². The summed E-state index contributed by atoms with van der Waals surface area (Å²) in [5.74, 6) is 0.870. The molecule has 0 bridgehead atoms. The monoisotopic (exact) mass is 194 g/mol. The van der Waals surface area contributed by atoms with Crippen LogP contribution in [0.3, 0.4) is 0 Å². The third kappa shape index (κ3) is 3.01. The van der Waals surface area contributed by atoms with Crippen LogP contribution in [0, 0.1) is 0 Å². The Balaban J connectivity index is 2.57. The lowest BCUT2D eigenvalue weighted by atomic mass is 10.0. The fourth-order valence-corrected chi connectivity index (χ4v) is 1.32. The summed E-state index contributed by atoms with van der Waals surface area (Å²) in [6.07, 6.45) is 0.947. The zero-order chi connectivity index (χ0) is 10.4. The van der Waals surface area contributed by atoms with E-state index in [0.29, 0.717) is 0 Å². The van der Waals surface area contributed by atoms with Gasteiger partial charge in [0, 0.05) is 6.04 Å². The molecule has 0 fully saturated rings. The SMILES string of the molecule is CNCCC(N)c1ccc(OC)cc1. The highest BCUT2D eigenvalue weighted by Gasteiger charge is 2.04. The van der Waals surface area contributed by atoms with Crippen LogP contribution in [-0.2, 0) is 0 Å². The summed E-state index contributed by atoms with van der Waals surface area (Å²) in [5.41, 5.74) is 7.15. The molecule has 0 aliphatic carbocycles. The van der Waals surface area contributed by atoms with Gasteiger partial charge in [-0.25, -0.2) is 0 Å². The molecule has 1 aromatic carbocycles. The van der Waals surface area contributed by atoms with Gasteiger partial charge < -0.3 is 15.8 Å². The molecule has 0 heterocycles. The number of hydrogen-bond acceptors (Lipinski definition) is 3. The molecule has 14 heavy (non-hydrogen) atoms. The first-order valence-corrected chi connectivity index (χ1v) is 4.82. The number of hydrogen-bond donors (Lipinski definition) is 2. The van der Waals surface area contributed by atoms with E-state index in [1.165, 1.54) is 0 Å². The minimum absolute atomic E-state index is 0.105. The highest BCUT2D eigenvalue weighted by molar-refractivity contribution is 5.28. The molecule has 0 aromatic heterocycles. The summed E-state index contributed by atoms with van der Waals surface area (Å²) in [4.78, 5) is 0. The fraction of sp³-hybridized carbons (Fsp3) is 0.455. The van der Waals surface area contributed by atoms with Crippen LogP contribution in [0.2, 0.25) is 0 Å².